The summed E-state index contributed by atoms with van der Waals surface area (Å²) in [7, 11) is 0. The number of hydrogen-bond donors (Lipinski definition) is 1. The van der Waals surface area contributed by atoms with Crippen molar-refractivity contribution in [2.75, 3.05) is 16.8 Å². The molecule has 0 aliphatic carbocycles. The molecule has 1 heterocycles. The van der Waals surface area contributed by atoms with E-state index in [4.69, 9.17) is 4.74 Å². The van der Waals surface area contributed by atoms with Gasteiger partial charge in [0.05, 0.1) is 5.69 Å². The normalized spacial score (nSPS) is 15.4. The van der Waals surface area contributed by atoms with Crippen LogP contribution in [0.3, 0.4) is 0 Å². The quantitative estimate of drug-likeness (QED) is 0.564. The summed E-state index contributed by atoms with van der Waals surface area (Å²) in [5.74, 6) is 0.312. The number of aryl methyl sites for hydroxylation is 1. The van der Waals surface area contributed by atoms with Gasteiger partial charge in [0.15, 0.2) is 6.10 Å². The molecule has 0 saturated heterocycles. The zero-order valence-electron chi connectivity index (χ0n) is 18.2. The van der Waals surface area contributed by atoms with Crippen molar-refractivity contribution in [3.8, 4) is 5.75 Å². The molecule has 1 N–H and O–H groups in total. The molecule has 1 atom stereocenters. The fourth-order valence-corrected chi connectivity index (χ4v) is 3.63. The number of nitrogens with one attached hydrogen (secondary N) is 1. The van der Waals surface area contributed by atoms with Crippen LogP contribution >= 0.6 is 0 Å². The van der Waals surface area contributed by atoms with Crippen LogP contribution in [0.25, 0.3) is 6.08 Å². The minimum Gasteiger partial charge on any atom is -0.479 e. The van der Waals surface area contributed by atoms with Gasteiger partial charge in [0.1, 0.15) is 5.75 Å². The second kappa shape index (κ2) is 9.52. The lowest BCUT2D eigenvalue weighted by molar-refractivity contribution is -0.125. The summed E-state index contributed by atoms with van der Waals surface area (Å²) in [5, 5.41) is 2.87. The Labute approximate surface area is 188 Å². The predicted octanol–water partition coefficient (Wildman–Crippen LogP) is 5.00. The summed E-state index contributed by atoms with van der Waals surface area (Å²) in [5.41, 5.74) is 4.56. The van der Waals surface area contributed by atoms with Gasteiger partial charge < -0.3 is 15.0 Å². The van der Waals surface area contributed by atoms with Gasteiger partial charge in [-0.1, -0.05) is 60.2 Å². The summed E-state index contributed by atoms with van der Waals surface area (Å²) >= 11 is 0. The molecule has 0 saturated carbocycles. The smallest absolute Gasteiger partial charge is 0.267 e. The van der Waals surface area contributed by atoms with Gasteiger partial charge in [-0.3, -0.25) is 9.59 Å². The number of carbonyl (C=O) groups is 2. The van der Waals surface area contributed by atoms with E-state index in [1.54, 1.807) is 36.1 Å². The molecule has 2 amide bonds. The van der Waals surface area contributed by atoms with Crippen molar-refractivity contribution in [3.05, 3.63) is 95.6 Å². The van der Waals surface area contributed by atoms with Crippen LogP contribution in [0.2, 0.25) is 0 Å². The fraction of sp³-hybridized carbons (Fsp3) is 0.185. The van der Waals surface area contributed by atoms with Crippen molar-refractivity contribution in [1.82, 2.24) is 0 Å². The van der Waals surface area contributed by atoms with E-state index in [9.17, 15) is 9.59 Å². The van der Waals surface area contributed by atoms with E-state index in [0.29, 0.717) is 23.7 Å². The molecule has 3 aromatic carbocycles. The number of carbonyl (C=O) groups excluding carboxylic acids is 2. The van der Waals surface area contributed by atoms with Gasteiger partial charge in [0.2, 0.25) is 5.91 Å². The first-order valence-corrected chi connectivity index (χ1v) is 10.7. The molecule has 0 bridgehead atoms. The first-order valence-electron chi connectivity index (χ1n) is 10.7. The Morgan fingerprint density at radius 2 is 1.81 bits per heavy atom. The van der Waals surface area contributed by atoms with Crippen LogP contribution in [-0.4, -0.2) is 24.5 Å². The zero-order valence-corrected chi connectivity index (χ0v) is 18.2. The van der Waals surface area contributed by atoms with Crippen LogP contribution in [0.15, 0.2) is 78.9 Å². The minimum atomic E-state index is -0.545. The molecule has 3 aromatic rings. The second-order valence-corrected chi connectivity index (χ2v) is 7.90. The van der Waals surface area contributed by atoms with E-state index in [1.807, 2.05) is 61.5 Å². The molecule has 4 rings (SSSR count). The third-order valence-corrected chi connectivity index (χ3v) is 5.41. The van der Waals surface area contributed by atoms with Crippen LogP contribution in [0, 0.1) is 6.92 Å². The molecular formula is C27H26N2O3. The molecule has 0 radical (unpaired) electrons. The zero-order chi connectivity index (χ0) is 22.5. The summed E-state index contributed by atoms with van der Waals surface area (Å²) in [4.78, 5) is 27.0. The van der Waals surface area contributed by atoms with Crippen LogP contribution in [-0.2, 0) is 16.0 Å². The van der Waals surface area contributed by atoms with Gasteiger partial charge >= 0.3 is 0 Å². The Morgan fingerprint density at radius 1 is 1.06 bits per heavy atom. The van der Waals surface area contributed by atoms with Crippen molar-refractivity contribution < 1.29 is 14.3 Å². The molecule has 1 aliphatic rings. The number of rotatable bonds is 6. The Kier molecular flexibility index (Phi) is 6.36. The number of fused-ring (bicyclic) bond motifs is 1. The van der Waals surface area contributed by atoms with Crippen molar-refractivity contribution in [2.45, 2.75) is 26.4 Å². The highest BCUT2D eigenvalue weighted by Crippen LogP contribution is 2.36. The van der Waals surface area contributed by atoms with Crippen molar-refractivity contribution in [2.24, 2.45) is 0 Å². The first-order chi connectivity index (χ1) is 15.5. The average molecular weight is 427 g/mol. The number of ether oxygens (including phenoxy) is 1. The maximum Gasteiger partial charge on any atom is 0.267 e. The standard InChI is InChI=1S/C27H26N2O3/c1-19-8-10-22(11-9-19)12-15-26(30)28-23-13-14-25-24(18-23)29(27(31)20(2)32-25)17-16-21-6-4-3-5-7-21/h3-15,18,20H,16-17H2,1-2H3,(H,28,30)/b15-12+. The van der Waals surface area contributed by atoms with Gasteiger partial charge in [-0.05, 0) is 55.7 Å². The average Bonchev–Trinajstić information content (AvgIpc) is 2.80. The highest BCUT2D eigenvalue weighted by atomic mass is 16.5. The Bertz CT molecular complexity index is 1140. The summed E-state index contributed by atoms with van der Waals surface area (Å²) in [6.45, 7) is 4.31. The molecule has 5 heteroatoms. The fourth-order valence-electron chi connectivity index (χ4n) is 3.63. The predicted molar refractivity (Wildman–Crippen MR) is 128 cm³/mol. The van der Waals surface area contributed by atoms with Crippen molar-refractivity contribution in [3.63, 3.8) is 0 Å². The van der Waals surface area contributed by atoms with Gasteiger partial charge in [0.25, 0.3) is 5.91 Å². The van der Waals surface area contributed by atoms with Gasteiger partial charge in [-0.2, -0.15) is 0 Å². The molecule has 0 aromatic heterocycles. The lowest BCUT2D eigenvalue weighted by atomic mass is 10.1. The number of anilines is 2. The first kappa shape index (κ1) is 21.4. The van der Waals surface area contributed by atoms with E-state index >= 15 is 0 Å². The van der Waals surface area contributed by atoms with Gasteiger partial charge in [-0.15, -0.1) is 0 Å². The van der Waals surface area contributed by atoms with Crippen molar-refractivity contribution >= 4 is 29.3 Å². The maximum atomic E-state index is 12.8. The minimum absolute atomic E-state index is 0.0869. The largest absolute Gasteiger partial charge is 0.479 e. The van der Waals surface area contributed by atoms with E-state index in [2.05, 4.69) is 5.32 Å². The number of amides is 2. The monoisotopic (exact) mass is 426 g/mol. The summed E-state index contributed by atoms with van der Waals surface area (Å²) in [6.07, 6.45) is 3.46. The van der Waals surface area contributed by atoms with Crippen LogP contribution in [0.4, 0.5) is 11.4 Å². The molecule has 1 aliphatic heterocycles. The van der Waals surface area contributed by atoms with Crippen LogP contribution < -0.4 is 15.0 Å². The maximum absolute atomic E-state index is 12.8. The number of hydrogen-bond acceptors (Lipinski definition) is 3. The molecule has 5 nitrogen and oxygen atoms in total. The molecular weight excluding hydrogens is 400 g/mol. The van der Waals surface area contributed by atoms with E-state index in [1.165, 1.54) is 11.6 Å². The Balaban J connectivity index is 1.49. The van der Waals surface area contributed by atoms with Crippen molar-refractivity contribution in [1.29, 1.82) is 0 Å². The third kappa shape index (κ3) is 5.06. The highest BCUT2D eigenvalue weighted by molar-refractivity contribution is 6.04. The van der Waals surface area contributed by atoms with E-state index in [0.717, 1.165) is 17.5 Å². The summed E-state index contributed by atoms with van der Waals surface area (Å²) in [6, 6.07) is 23.4. The molecule has 32 heavy (non-hydrogen) atoms. The second-order valence-electron chi connectivity index (χ2n) is 7.90. The molecule has 0 spiro atoms. The number of benzene rings is 3. The molecule has 162 valence electrons. The SMILES string of the molecule is Cc1ccc(/C=C/C(=O)Nc2ccc3c(c2)N(CCc2ccccc2)C(=O)C(C)O3)cc1. The lowest BCUT2D eigenvalue weighted by Crippen LogP contribution is -2.45. The van der Waals surface area contributed by atoms with Gasteiger partial charge in [0, 0.05) is 18.3 Å². The number of nitrogens with zero attached hydrogens (tertiary/aromatic N) is 1. The Hall–Kier alpha value is -3.86. The summed E-state index contributed by atoms with van der Waals surface area (Å²) < 4.78 is 5.78. The van der Waals surface area contributed by atoms with Crippen LogP contribution in [0.5, 0.6) is 5.75 Å². The topological polar surface area (TPSA) is 58.6 Å². The molecule has 1 unspecified atom stereocenters. The van der Waals surface area contributed by atoms with E-state index in [-0.39, 0.29) is 11.8 Å². The molecule has 0 fully saturated rings. The lowest BCUT2D eigenvalue weighted by Gasteiger charge is -2.33. The Morgan fingerprint density at radius 3 is 2.56 bits per heavy atom. The van der Waals surface area contributed by atoms with Crippen LogP contribution in [0.1, 0.15) is 23.6 Å². The highest BCUT2D eigenvalue weighted by Gasteiger charge is 2.31. The van der Waals surface area contributed by atoms with E-state index < -0.39 is 6.10 Å². The third-order valence-electron chi connectivity index (χ3n) is 5.41. The van der Waals surface area contributed by atoms with Gasteiger partial charge in [-0.25, -0.2) is 0 Å².